The minimum absolute atomic E-state index is 0.306. The Morgan fingerprint density at radius 3 is 2.54 bits per heavy atom. The van der Waals surface area contributed by atoms with Crippen LogP contribution in [0.4, 0.5) is 17.6 Å². The number of aliphatic hydroxyl groups is 1. The summed E-state index contributed by atoms with van der Waals surface area (Å²) in [5, 5.41) is 11.6. The summed E-state index contributed by atoms with van der Waals surface area (Å²) < 4.78 is 51.6. The second-order valence-electron chi connectivity index (χ2n) is 4.99. The molecule has 2 atom stereocenters. The fourth-order valence-corrected chi connectivity index (χ4v) is 2.14. The fraction of sp³-hybridized carbons (Fsp3) is 0.250. The molecule has 0 radical (unpaired) electrons. The van der Waals surface area contributed by atoms with Crippen molar-refractivity contribution in [2.45, 2.75) is 18.6 Å². The van der Waals surface area contributed by atoms with Crippen LogP contribution in [0.1, 0.15) is 11.7 Å². The summed E-state index contributed by atoms with van der Waals surface area (Å²) >= 11 is 0. The molecular formula is C16H14F4N2O2. The molecule has 24 heavy (non-hydrogen) atoms. The molecule has 0 unspecified atom stereocenters. The Morgan fingerprint density at radius 2 is 2.00 bits per heavy atom. The van der Waals surface area contributed by atoms with Crippen molar-refractivity contribution < 1.29 is 27.5 Å². The first kappa shape index (κ1) is 17.9. The summed E-state index contributed by atoms with van der Waals surface area (Å²) in [6, 6.07) is 5.48. The lowest BCUT2D eigenvalue weighted by Crippen LogP contribution is -2.43. The number of alkyl halides is 3. The zero-order valence-electron chi connectivity index (χ0n) is 12.3. The molecule has 2 aromatic rings. The van der Waals surface area contributed by atoms with Crippen LogP contribution in [0.15, 0.2) is 42.7 Å². The standard InChI is InChI=1S/C16H14F4N2O2/c17-7-13(22-16(24)15(19)20)14(23)11-4-3-9(6-12(11)18)10-2-1-5-21-8-10/h1-6,8,13-15,23H,7H2,(H,22,24)/t13-,14-/m1/s1. The van der Waals surface area contributed by atoms with Gasteiger partial charge in [0.15, 0.2) is 0 Å². The van der Waals surface area contributed by atoms with Gasteiger partial charge in [0.25, 0.3) is 5.91 Å². The van der Waals surface area contributed by atoms with Crippen LogP contribution in [0.25, 0.3) is 11.1 Å². The van der Waals surface area contributed by atoms with Gasteiger partial charge in [-0.25, -0.2) is 8.78 Å². The van der Waals surface area contributed by atoms with E-state index in [-0.39, 0.29) is 5.56 Å². The third kappa shape index (κ3) is 4.08. The molecule has 0 saturated carbocycles. The van der Waals surface area contributed by atoms with E-state index in [0.29, 0.717) is 11.1 Å². The lowest BCUT2D eigenvalue weighted by Gasteiger charge is -2.22. The van der Waals surface area contributed by atoms with Gasteiger partial charge in [-0.05, 0) is 17.7 Å². The molecule has 2 rings (SSSR count). The number of pyridine rings is 1. The number of halogens is 4. The Labute approximate surface area is 135 Å². The molecule has 2 N–H and O–H groups in total. The number of amides is 1. The highest BCUT2D eigenvalue weighted by Crippen LogP contribution is 2.26. The molecule has 0 saturated heterocycles. The number of hydrogen-bond acceptors (Lipinski definition) is 3. The molecule has 0 bridgehead atoms. The number of aliphatic hydroxyl groups excluding tert-OH is 1. The summed E-state index contributed by atoms with van der Waals surface area (Å²) in [6.07, 6.45) is -2.10. The highest BCUT2D eigenvalue weighted by molar-refractivity contribution is 5.79. The number of nitrogens with one attached hydrogen (secondary N) is 1. The van der Waals surface area contributed by atoms with Crippen LogP contribution in [0.5, 0.6) is 0 Å². The molecule has 1 aromatic heterocycles. The Morgan fingerprint density at radius 1 is 1.25 bits per heavy atom. The van der Waals surface area contributed by atoms with E-state index in [1.807, 2.05) is 0 Å². The third-order valence-electron chi connectivity index (χ3n) is 3.39. The van der Waals surface area contributed by atoms with Crippen molar-refractivity contribution in [2.24, 2.45) is 0 Å². The van der Waals surface area contributed by atoms with Gasteiger partial charge in [0.2, 0.25) is 0 Å². The number of carbonyl (C=O) groups excluding carboxylic acids is 1. The number of hydrogen-bond donors (Lipinski definition) is 2. The summed E-state index contributed by atoms with van der Waals surface area (Å²) in [7, 11) is 0. The van der Waals surface area contributed by atoms with Crippen LogP contribution in [0.2, 0.25) is 0 Å². The lowest BCUT2D eigenvalue weighted by atomic mass is 9.98. The second kappa shape index (κ2) is 7.87. The molecule has 8 heteroatoms. The minimum atomic E-state index is -3.36. The SMILES string of the molecule is O=C(N[C@H](CF)[C@H](O)c1ccc(-c2cccnc2)cc1F)C(F)F. The zero-order valence-corrected chi connectivity index (χ0v) is 12.3. The number of aromatic nitrogens is 1. The van der Waals surface area contributed by atoms with E-state index in [0.717, 1.165) is 6.07 Å². The Bertz CT molecular complexity index is 698. The number of carbonyl (C=O) groups is 1. The van der Waals surface area contributed by atoms with Crippen molar-refractivity contribution in [3.63, 3.8) is 0 Å². The third-order valence-corrected chi connectivity index (χ3v) is 3.39. The van der Waals surface area contributed by atoms with E-state index in [1.54, 1.807) is 23.6 Å². The Balaban J connectivity index is 2.23. The predicted molar refractivity (Wildman–Crippen MR) is 78.5 cm³/mol. The Kier molecular flexibility index (Phi) is 5.86. The number of nitrogens with zero attached hydrogens (tertiary/aromatic N) is 1. The van der Waals surface area contributed by atoms with E-state index in [9.17, 15) is 27.5 Å². The van der Waals surface area contributed by atoms with Crippen molar-refractivity contribution in [2.75, 3.05) is 6.67 Å². The van der Waals surface area contributed by atoms with Crippen LogP contribution in [0.3, 0.4) is 0 Å². The van der Waals surface area contributed by atoms with Crippen molar-refractivity contribution >= 4 is 5.91 Å². The van der Waals surface area contributed by atoms with Crippen molar-refractivity contribution in [1.29, 1.82) is 0 Å². The normalized spacial score (nSPS) is 13.6. The van der Waals surface area contributed by atoms with E-state index in [1.165, 1.54) is 18.3 Å². The maximum atomic E-state index is 14.2. The summed E-state index contributed by atoms with van der Waals surface area (Å²) in [5.41, 5.74) is 0.801. The highest BCUT2D eigenvalue weighted by Gasteiger charge is 2.28. The average molecular weight is 342 g/mol. The molecule has 1 aromatic carbocycles. The number of benzene rings is 1. The topological polar surface area (TPSA) is 62.2 Å². The molecule has 0 aliphatic carbocycles. The van der Waals surface area contributed by atoms with Gasteiger partial charge in [0.1, 0.15) is 18.6 Å². The molecule has 1 heterocycles. The highest BCUT2D eigenvalue weighted by atomic mass is 19.3. The van der Waals surface area contributed by atoms with E-state index in [2.05, 4.69) is 4.98 Å². The van der Waals surface area contributed by atoms with Crippen molar-refractivity contribution in [3.05, 3.63) is 54.1 Å². The van der Waals surface area contributed by atoms with Crippen LogP contribution >= 0.6 is 0 Å². The first-order valence-electron chi connectivity index (χ1n) is 6.96. The first-order chi connectivity index (χ1) is 11.4. The van der Waals surface area contributed by atoms with E-state index < -0.39 is 37.0 Å². The molecule has 0 aliphatic rings. The zero-order chi connectivity index (χ0) is 17.7. The van der Waals surface area contributed by atoms with Gasteiger partial charge in [0, 0.05) is 23.5 Å². The van der Waals surface area contributed by atoms with Crippen LogP contribution in [-0.4, -0.2) is 35.1 Å². The second-order valence-corrected chi connectivity index (χ2v) is 4.99. The predicted octanol–water partition coefficient (Wildman–Crippen LogP) is 2.64. The smallest absolute Gasteiger partial charge is 0.315 e. The van der Waals surface area contributed by atoms with Crippen molar-refractivity contribution in [3.8, 4) is 11.1 Å². The average Bonchev–Trinajstić information content (AvgIpc) is 2.59. The molecule has 128 valence electrons. The molecule has 0 fully saturated rings. The van der Waals surface area contributed by atoms with Gasteiger partial charge in [-0.2, -0.15) is 8.78 Å². The summed E-state index contributed by atoms with van der Waals surface area (Å²) in [4.78, 5) is 14.8. The van der Waals surface area contributed by atoms with Gasteiger partial charge in [0.05, 0.1) is 6.04 Å². The van der Waals surface area contributed by atoms with Crippen LogP contribution in [-0.2, 0) is 4.79 Å². The van der Waals surface area contributed by atoms with E-state index in [4.69, 9.17) is 0 Å². The van der Waals surface area contributed by atoms with Gasteiger partial charge >= 0.3 is 6.43 Å². The number of rotatable bonds is 6. The van der Waals surface area contributed by atoms with Gasteiger partial charge in [-0.1, -0.05) is 18.2 Å². The molecule has 1 amide bonds. The maximum absolute atomic E-state index is 14.2. The van der Waals surface area contributed by atoms with Gasteiger partial charge in [-0.15, -0.1) is 0 Å². The lowest BCUT2D eigenvalue weighted by molar-refractivity contribution is -0.133. The molecule has 0 aliphatic heterocycles. The van der Waals surface area contributed by atoms with Crippen LogP contribution < -0.4 is 5.32 Å². The quantitative estimate of drug-likeness (QED) is 0.794. The van der Waals surface area contributed by atoms with E-state index >= 15 is 0 Å². The first-order valence-corrected chi connectivity index (χ1v) is 6.96. The van der Waals surface area contributed by atoms with Crippen molar-refractivity contribution in [1.82, 2.24) is 10.3 Å². The molecular weight excluding hydrogens is 328 g/mol. The largest absolute Gasteiger partial charge is 0.386 e. The monoisotopic (exact) mass is 342 g/mol. The minimum Gasteiger partial charge on any atom is -0.386 e. The molecule has 0 spiro atoms. The fourth-order valence-electron chi connectivity index (χ4n) is 2.14. The van der Waals surface area contributed by atoms with Crippen LogP contribution in [0, 0.1) is 5.82 Å². The summed E-state index contributed by atoms with van der Waals surface area (Å²) in [6.45, 7) is -1.33. The Hall–Kier alpha value is -2.48. The molecule has 4 nitrogen and oxygen atoms in total. The van der Waals surface area contributed by atoms with Gasteiger partial charge < -0.3 is 10.4 Å². The summed E-state index contributed by atoms with van der Waals surface area (Å²) in [5.74, 6) is -2.59. The maximum Gasteiger partial charge on any atom is 0.315 e. The van der Waals surface area contributed by atoms with Gasteiger partial charge in [-0.3, -0.25) is 9.78 Å².